The smallest absolute Gasteiger partial charge is 0.269 e. The van der Waals surface area contributed by atoms with Gasteiger partial charge in [-0.2, -0.15) is 0 Å². The van der Waals surface area contributed by atoms with Crippen LogP contribution in [0.3, 0.4) is 0 Å². The Morgan fingerprint density at radius 2 is 1.13 bits per heavy atom. The number of hydrazine groups is 1. The normalized spacial score (nSPS) is 10.4. The lowest BCUT2D eigenvalue weighted by Crippen LogP contribution is -2.41. The molecule has 0 aliphatic heterocycles. The number of rotatable bonds is 4. The first-order chi connectivity index (χ1) is 14.6. The van der Waals surface area contributed by atoms with Crippen LogP contribution in [-0.4, -0.2) is 22.0 Å². The Balaban J connectivity index is 1.39. The van der Waals surface area contributed by atoms with E-state index in [0.29, 0.717) is 28.5 Å². The van der Waals surface area contributed by atoms with Gasteiger partial charge in [0.05, 0.1) is 0 Å². The molecule has 4 aromatic rings. The topological polar surface area (TPSA) is 97.1 Å². The van der Waals surface area contributed by atoms with Gasteiger partial charge in [-0.3, -0.25) is 20.4 Å². The monoisotopic (exact) mass is 462 g/mol. The molecule has 0 radical (unpaired) electrons. The van der Waals surface area contributed by atoms with Gasteiger partial charge in [0.25, 0.3) is 11.8 Å². The SMILES string of the molecule is O=C(NNC(=O)c1ccc(-c2nnc(-c3ccccc3)o2)cc1)c1ccc(Br)cc1. The number of hydrogen-bond donors (Lipinski definition) is 2. The van der Waals surface area contributed by atoms with Crippen LogP contribution >= 0.6 is 15.9 Å². The zero-order valence-corrected chi connectivity index (χ0v) is 17.1. The Hall–Kier alpha value is -3.78. The zero-order valence-electron chi connectivity index (χ0n) is 15.5. The largest absolute Gasteiger partial charge is 0.416 e. The number of hydrogen-bond acceptors (Lipinski definition) is 5. The molecule has 0 aliphatic rings. The highest BCUT2D eigenvalue weighted by Gasteiger charge is 2.12. The van der Waals surface area contributed by atoms with E-state index in [1.165, 1.54) is 0 Å². The second-order valence-corrected chi connectivity index (χ2v) is 7.19. The van der Waals surface area contributed by atoms with Crippen LogP contribution in [-0.2, 0) is 0 Å². The van der Waals surface area contributed by atoms with E-state index in [1.807, 2.05) is 30.3 Å². The molecule has 0 spiro atoms. The first-order valence-corrected chi connectivity index (χ1v) is 9.75. The van der Waals surface area contributed by atoms with Gasteiger partial charge in [0.1, 0.15) is 0 Å². The average molecular weight is 463 g/mol. The fraction of sp³-hybridized carbons (Fsp3) is 0. The molecule has 0 unspecified atom stereocenters. The molecule has 3 aromatic carbocycles. The van der Waals surface area contributed by atoms with Crippen molar-refractivity contribution < 1.29 is 14.0 Å². The molecule has 2 amide bonds. The zero-order chi connectivity index (χ0) is 20.9. The van der Waals surface area contributed by atoms with Crippen LogP contribution in [0.4, 0.5) is 0 Å². The third-order valence-corrected chi connectivity index (χ3v) is 4.76. The predicted octanol–water partition coefficient (Wildman–Crippen LogP) is 4.24. The van der Waals surface area contributed by atoms with Crippen molar-refractivity contribution in [3.8, 4) is 22.9 Å². The fourth-order valence-electron chi connectivity index (χ4n) is 2.66. The Morgan fingerprint density at radius 1 is 0.667 bits per heavy atom. The Morgan fingerprint density at radius 3 is 1.67 bits per heavy atom. The van der Waals surface area contributed by atoms with Crippen molar-refractivity contribution in [2.24, 2.45) is 0 Å². The Kier molecular flexibility index (Phi) is 5.67. The van der Waals surface area contributed by atoms with Crippen LogP contribution in [0.2, 0.25) is 0 Å². The highest BCUT2D eigenvalue weighted by Crippen LogP contribution is 2.23. The van der Waals surface area contributed by atoms with E-state index in [9.17, 15) is 9.59 Å². The van der Waals surface area contributed by atoms with Gasteiger partial charge in [0, 0.05) is 26.7 Å². The molecule has 1 aromatic heterocycles. The van der Waals surface area contributed by atoms with Crippen LogP contribution in [0, 0.1) is 0 Å². The fourth-order valence-corrected chi connectivity index (χ4v) is 2.92. The number of carbonyl (C=O) groups excluding carboxylic acids is 2. The van der Waals surface area contributed by atoms with Crippen LogP contribution in [0.15, 0.2) is 87.8 Å². The number of amides is 2. The number of aromatic nitrogens is 2. The maximum absolute atomic E-state index is 12.3. The van der Waals surface area contributed by atoms with Crippen molar-refractivity contribution in [1.29, 1.82) is 0 Å². The molecule has 0 aliphatic carbocycles. The van der Waals surface area contributed by atoms with Gasteiger partial charge in [0.2, 0.25) is 11.8 Å². The van der Waals surface area contributed by atoms with Crippen molar-refractivity contribution in [3.05, 3.63) is 94.5 Å². The summed E-state index contributed by atoms with van der Waals surface area (Å²) < 4.78 is 6.57. The van der Waals surface area contributed by atoms with E-state index in [-0.39, 0.29) is 0 Å². The third-order valence-electron chi connectivity index (χ3n) is 4.24. The molecule has 30 heavy (non-hydrogen) atoms. The second kappa shape index (κ2) is 8.71. The van der Waals surface area contributed by atoms with Crippen LogP contribution in [0.5, 0.6) is 0 Å². The molecule has 1 heterocycles. The summed E-state index contributed by atoms with van der Waals surface area (Å²) in [6, 6.07) is 22.9. The molecule has 4 rings (SSSR count). The van der Waals surface area contributed by atoms with Crippen LogP contribution in [0.25, 0.3) is 22.9 Å². The maximum Gasteiger partial charge on any atom is 0.269 e. The predicted molar refractivity (Wildman–Crippen MR) is 114 cm³/mol. The molecule has 0 bridgehead atoms. The second-order valence-electron chi connectivity index (χ2n) is 6.27. The quantitative estimate of drug-likeness (QED) is 0.442. The summed E-state index contributed by atoms with van der Waals surface area (Å²) in [5, 5.41) is 8.12. The summed E-state index contributed by atoms with van der Waals surface area (Å²) in [6.07, 6.45) is 0. The number of nitrogens with zero attached hydrogens (tertiary/aromatic N) is 2. The van der Waals surface area contributed by atoms with E-state index in [1.54, 1.807) is 48.5 Å². The van der Waals surface area contributed by atoms with Gasteiger partial charge in [-0.05, 0) is 60.7 Å². The first-order valence-electron chi connectivity index (χ1n) is 8.96. The summed E-state index contributed by atoms with van der Waals surface area (Å²) >= 11 is 3.31. The van der Waals surface area contributed by atoms with E-state index in [2.05, 4.69) is 37.0 Å². The molecule has 0 saturated carbocycles. The minimum absolute atomic E-state index is 0.351. The molecule has 0 saturated heterocycles. The van der Waals surface area contributed by atoms with Crippen LogP contribution in [0.1, 0.15) is 20.7 Å². The van der Waals surface area contributed by atoms with Gasteiger partial charge in [-0.15, -0.1) is 10.2 Å². The number of halogens is 1. The molecular weight excluding hydrogens is 448 g/mol. The molecule has 148 valence electrons. The van der Waals surface area contributed by atoms with Gasteiger partial charge >= 0.3 is 0 Å². The van der Waals surface area contributed by atoms with E-state index < -0.39 is 11.8 Å². The lowest BCUT2D eigenvalue weighted by molar-refractivity contribution is 0.0846. The Bertz CT molecular complexity index is 1170. The molecule has 0 fully saturated rings. The van der Waals surface area contributed by atoms with Gasteiger partial charge in [0.15, 0.2) is 0 Å². The lowest BCUT2D eigenvalue weighted by Gasteiger charge is -2.07. The number of benzene rings is 3. The van der Waals surface area contributed by atoms with Crippen LogP contribution < -0.4 is 10.9 Å². The highest BCUT2D eigenvalue weighted by molar-refractivity contribution is 9.10. The van der Waals surface area contributed by atoms with Gasteiger partial charge < -0.3 is 4.42 Å². The van der Waals surface area contributed by atoms with E-state index in [0.717, 1.165) is 10.0 Å². The number of nitrogens with one attached hydrogen (secondary N) is 2. The average Bonchev–Trinajstić information content (AvgIpc) is 3.29. The summed E-state index contributed by atoms with van der Waals surface area (Å²) in [5.41, 5.74) is 7.10. The molecule has 7 nitrogen and oxygen atoms in total. The van der Waals surface area contributed by atoms with Crippen molar-refractivity contribution in [2.45, 2.75) is 0 Å². The molecule has 0 atom stereocenters. The van der Waals surface area contributed by atoms with Crippen molar-refractivity contribution in [1.82, 2.24) is 21.0 Å². The van der Waals surface area contributed by atoms with Crippen molar-refractivity contribution in [2.75, 3.05) is 0 Å². The first kappa shape index (κ1) is 19.5. The molecule has 2 N–H and O–H groups in total. The van der Waals surface area contributed by atoms with Gasteiger partial charge in [-0.1, -0.05) is 34.1 Å². The van der Waals surface area contributed by atoms with Gasteiger partial charge in [-0.25, -0.2) is 0 Å². The standard InChI is InChI=1S/C22H15BrN4O3/c23-18-12-10-15(11-13-18)20(29)25-24-19(28)14-6-8-17(9-7-14)22-27-26-21(30-22)16-4-2-1-3-5-16/h1-13H,(H,24,28)(H,25,29). The minimum Gasteiger partial charge on any atom is -0.416 e. The summed E-state index contributed by atoms with van der Waals surface area (Å²) in [6.45, 7) is 0. The summed E-state index contributed by atoms with van der Waals surface area (Å²) in [7, 11) is 0. The van der Waals surface area contributed by atoms with E-state index in [4.69, 9.17) is 4.42 Å². The highest BCUT2D eigenvalue weighted by atomic mass is 79.9. The summed E-state index contributed by atoms with van der Waals surface area (Å²) in [4.78, 5) is 24.4. The molecular formula is C22H15BrN4O3. The third kappa shape index (κ3) is 4.44. The van der Waals surface area contributed by atoms with E-state index >= 15 is 0 Å². The maximum atomic E-state index is 12.3. The molecule has 8 heteroatoms. The Labute approximate surface area is 180 Å². The number of carbonyl (C=O) groups is 2. The van der Waals surface area contributed by atoms with Crippen molar-refractivity contribution >= 4 is 27.7 Å². The lowest BCUT2D eigenvalue weighted by atomic mass is 10.1. The van der Waals surface area contributed by atoms with Crippen molar-refractivity contribution in [3.63, 3.8) is 0 Å². The minimum atomic E-state index is -0.442. The summed E-state index contributed by atoms with van der Waals surface area (Å²) in [5.74, 6) is -0.0817.